The predicted molar refractivity (Wildman–Crippen MR) is 44.1 cm³/mol. The van der Waals surface area contributed by atoms with Crippen LogP contribution in [0, 0.1) is 0 Å². The highest BCUT2D eigenvalue weighted by molar-refractivity contribution is 5.68. The molecule has 0 N–H and O–H groups in total. The molecule has 1 unspecified atom stereocenters. The Labute approximate surface area is 77.0 Å². The van der Waals surface area contributed by atoms with Crippen molar-refractivity contribution in [3.8, 4) is 0 Å². The minimum absolute atomic E-state index is 0.0942. The van der Waals surface area contributed by atoms with E-state index in [2.05, 4.69) is 4.74 Å². The molecule has 0 aliphatic rings. The zero-order valence-electron chi connectivity index (χ0n) is 7.82. The second kappa shape index (κ2) is 7.54. The molecule has 13 heavy (non-hydrogen) atoms. The normalized spacial score (nSPS) is 11.8. The summed E-state index contributed by atoms with van der Waals surface area (Å²) in [5.74, 6) is -0.298. The fraction of sp³-hybridized carbons (Fsp3) is 0.750. The molecule has 0 aliphatic heterocycles. The number of carbonyl (C=O) groups excluding carboxylic acids is 2. The number of hydrogen-bond donors (Lipinski definition) is 0. The van der Waals surface area contributed by atoms with Gasteiger partial charge in [0.05, 0.1) is 0 Å². The van der Waals surface area contributed by atoms with E-state index in [9.17, 15) is 9.59 Å². The number of hydrogen-bond acceptors (Lipinski definition) is 5. The molecule has 0 bridgehead atoms. The van der Waals surface area contributed by atoms with Crippen molar-refractivity contribution in [2.75, 3.05) is 20.3 Å². The molecule has 1 atom stereocenters. The first-order chi connectivity index (χ1) is 6.24. The van der Waals surface area contributed by atoms with Gasteiger partial charge in [-0.3, -0.25) is 9.59 Å². The van der Waals surface area contributed by atoms with E-state index >= 15 is 0 Å². The molecule has 0 aromatic rings. The molecule has 0 rings (SSSR count). The second-order valence-electron chi connectivity index (χ2n) is 2.32. The summed E-state index contributed by atoms with van der Waals surface area (Å²) < 4.78 is 14.1. The van der Waals surface area contributed by atoms with Gasteiger partial charge in [0.25, 0.3) is 6.47 Å². The molecule has 0 aromatic carbocycles. The molecule has 0 radical (unpaired) electrons. The Morgan fingerprint density at radius 3 is 2.62 bits per heavy atom. The van der Waals surface area contributed by atoms with Crippen molar-refractivity contribution in [3.05, 3.63) is 0 Å². The molecule has 76 valence electrons. The molecule has 0 heterocycles. The lowest BCUT2D eigenvalue weighted by molar-refractivity contribution is -0.149. The topological polar surface area (TPSA) is 61.8 Å². The Morgan fingerprint density at radius 2 is 2.15 bits per heavy atom. The van der Waals surface area contributed by atoms with Crippen LogP contribution in [0.15, 0.2) is 0 Å². The van der Waals surface area contributed by atoms with E-state index in [4.69, 9.17) is 9.47 Å². The average Bonchev–Trinajstić information content (AvgIpc) is 2.17. The Balaban J connectivity index is 3.58. The van der Waals surface area contributed by atoms with Crippen molar-refractivity contribution >= 4 is 12.4 Å². The maximum Gasteiger partial charge on any atom is 0.305 e. The van der Waals surface area contributed by atoms with Crippen molar-refractivity contribution in [1.82, 2.24) is 0 Å². The summed E-state index contributed by atoms with van der Waals surface area (Å²) >= 11 is 0. The lowest BCUT2D eigenvalue weighted by Crippen LogP contribution is -2.25. The van der Waals surface area contributed by atoms with Gasteiger partial charge in [-0.2, -0.15) is 0 Å². The third kappa shape index (κ3) is 6.10. The zero-order valence-corrected chi connectivity index (χ0v) is 7.82. The van der Waals surface area contributed by atoms with Crippen LogP contribution in [0.4, 0.5) is 0 Å². The van der Waals surface area contributed by atoms with Gasteiger partial charge in [-0.25, -0.2) is 0 Å². The molecule has 5 nitrogen and oxygen atoms in total. The van der Waals surface area contributed by atoms with Crippen molar-refractivity contribution in [1.29, 1.82) is 0 Å². The molecule has 0 saturated carbocycles. The van der Waals surface area contributed by atoms with Crippen LogP contribution >= 0.6 is 0 Å². The van der Waals surface area contributed by atoms with Crippen LogP contribution < -0.4 is 0 Å². The van der Waals surface area contributed by atoms with Gasteiger partial charge in [-0.15, -0.1) is 0 Å². The Hall–Kier alpha value is -1.10. The quantitative estimate of drug-likeness (QED) is 0.421. The minimum atomic E-state index is -0.388. The fourth-order valence-electron chi connectivity index (χ4n) is 0.619. The minimum Gasteiger partial charge on any atom is -0.465 e. The van der Waals surface area contributed by atoms with Crippen LogP contribution in [0.2, 0.25) is 0 Å². The lowest BCUT2D eigenvalue weighted by Gasteiger charge is -2.13. The molecular formula is C8H14O5. The highest BCUT2D eigenvalue weighted by Gasteiger charge is 2.10. The van der Waals surface area contributed by atoms with Gasteiger partial charge in [-0.05, 0) is 0 Å². The standard InChI is InChI=1S/C8H14O5/c1-3-8(10)13-5-7(11-2)4-12-6-9/h6-7H,3-5H2,1-2H3. The maximum absolute atomic E-state index is 10.7. The van der Waals surface area contributed by atoms with E-state index in [1.165, 1.54) is 7.11 Å². The number of esters is 1. The maximum atomic E-state index is 10.7. The average molecular weight is 190 g/mol. The van der Waals surface area contributed by atoms with Gasteiger partial charge in [-0.1, -0.05) is 6.92 Å². The number of carbonyl (C=O) groups is 2. The number of methoxy groups -OCH3 is 1. The molecule has 5 heteroatoms. The van der Waals surface area contributed by atoms with Gasteiger partial charge in [0, 0.05) is 13.5 Å². The molecule has 0 amide bonds. The SMILES string of the molecule is CCC(=O)OCC(COC=O)OC. The van der Waals surface area contributed by atoms with E-state index in [1.807, 2.05) is 0 Å². The van der Waals surface area contributed by atoms with Crippen LogP contribution in [0.3, 0.4) is 0 Å². The van der Waals surface area contributed by atoms with Gasteiger partial charge < -0.3 is 14.2 Å². The van der Waals surface area contributed by atoms with Crippen molar-refractivity contribution in [2.24, 2.45) is 0 Å². The highest BCUT2D eigenvalue weighted by atomic mass is 16.6. The third-order valence-corrected chi connectivity index (χ3v) is 1.40. The Kier molecular flexibility index (Phi) is 6.91. The fourth-order valence-corrected chi connectivity index (χ4v) is 0.619. The second-order valence-corrected chi connectivity index (χ2v) is 2.32. The van der Waals surface area contributed by atoms with Gasteiger partial charge in [0.2, 0.25) is 0 Å². The molecular weight excluding hydrogens is 176 g/mol. The summed E-state index contributed by atoms with van der Waals surface area (Å²) in [6.07, 6.45) is -0.0639. The number of rotatable bonds is 7. The van der Waals surface area contributed by atoms with Crippen LogP contribution in [-0.2, 0) is 23.8 Å². The largest absolute Gasteiger partial charge is 0.465 e. The predicted octanol–water partition coefficient (Wildman–Crippen LogP) is 0.128. The summed E-state index contributed by atoms with van der Waals surface area (Å²) in [6.45, 7) is 2.23. The van der Waals surface area contributed by atoms with E-state index in [-0.39, 0.29) is 25.3 Å². The van der Waals surface area contributed by atoms with Crippen molar-refractivity contribution in [2.45, 2.75) is 19.4 Å². The van der Waals surface area contributed by atoms with Gasteiger partial charge in [0.1, 0.15) is 19.3 Å². The molecule has 0 saturated heterocycles. The monoisotopic (exact) mass is 190 g/mol. The first-order valence-corrected chi connectivity index (χ1v) is 3.98. The number of ether oxygens (including phenoxy) is 3. The van der Waals surface area contributed by atoms with Gasteiger partial charge in [0.15, 0.2) is 0 Å². The summed E-state index contributed by atoms with van der Waals surface area (Å²) in [5, 5.41) is 0. The van der Waals surface area contributed by atoms with E-state index in [0.717, 1.165) is 0 Å². The third-order valence-electron chi connectivity index (χ3n) is 1.40. The Bertz CT molecular complexity index is 157. The van der Waals surface area contributed by atoms with Crippen LogP contribution in [0.5, 0.6) is 0 Å². The van der Waals surface area contributed by atoms with Crippen molar-refractivity contribution < 1.29 is 23.8 Å². The molecule has 0 aromatic heterocycles. The summed E-state index contributed by atoms with van der Waals surface area (Å²) in [6, 6.07) is 0. The first kappa shape index (κ1) is 11.9. The van der Waals surface area contributed by atoms with Gasteiger partial charge >= 0.3 is 5.97 Å². The molecule has 0 fully saturated rings. The van der Waals surface area contributed by atoms with E-state index in [1.54, 1.807) is 6.92 Å². The summed E-state index contributed by atoms with van der Waals surface area (Å²) in [7, 11) is 1.46. The van der Waals surface area contributed by atoms with Crippen LogP contribution in [0.1, 0.15) is 13.3 Å². The smallest absolute Gasteiger partial charge is 0.305 e. The van der Waals surface area contributed by atoms with E-state index in [0.29, 0.717) is 12.9 Å². The Morgan fingerprint density at radius 1 is 1.46 bits per heavy atom. The van der Waals surface area contributed by atoms with Crippen molar-refractivity contribution in [3.63, 3.8) is 0 Å². The molecule has 0 spiro atoms. The first-order valence-electron chi connectivity index (χ1n) is 3.98. The summed E-state index contributed by atoms with van der Waals surface area (Å²) in [4.78, 5) is 20.6. The van der Waals surface area contributed by atoms with Crippen LogP contribution in [0.25, 0.3) is 0 Å². The highest BCUT2D eigenvalue weighted by Crippen LogP contribution is 1.94. The van der Waals surface area contributed by atoms with E-state index < -0.39 is 0 Å². The summed E-state index contributed by atoms with van der Waals surface area (Å²) in [5.41, 5.74) is 0. The lowest BCUT2D eigenvalue weighted by atomic mass is 10.4. The zero-order chi connectivity index (χ0) is 10.1. The molecule has 0 aliphatic carbocycles. The van der Waals surface area contributed by atoms with Crippen LogP contribution in [-0.4, -0.2) is 38.9 Å².